The van der Waals surface area contributed by atoms with Gasteiger partial charge in [0.25, 0.3) is 0 Å². The summed E-state index contributed by atoms with van der Waals surface area (Å²) in [5.41, 5.74) is 13.8. The molecule has 4 rings (SSSR count). The van der Waals surface area contributed by atoms with Crippen LogP contribution in [0.25, 0.3) is 11.1 Å². The van der Waals surface area contributed by atoms with Crippen molar-refractivity contribution in [3.05, 3.63) is 95.1 Å². The smallest absolute Gasteiger partial charge is 0.0352 e. The fourth-order valence-corrected chi connectivity index (χ4v) is 3.41. The Bertz CT molecular complexity index is 759. The Morgan fingerprint density at radius 2 is 1.33 bits per heavy atom. The Balaban J connectivity index is 1.96. The Morgan fingerprint density at radius 3 is 1.95 bits per heavy atom. The standard InChI is InChI=1S/C20H17N/c21-13-14-6-5-7-15(12-14)20-18-10-3-1-8-16(18)17-9-2-4-11-19(17)20/h1-12,20H,13,21H2. The summed E-state index contributed by atoms with van der Waals surface area (Å²) in [6.07, 6.45) is 0. The fraction of sp³-hybridized carbons (Fsp3) is 0.100. The van der Waals surface area contributed by atoms with Crippen molar-refractivity contribution in [3.63, 3.8) is 0 Å². The van der Waals surface area contributed by atoms with Crippen LogP contribution in [-0.2, 0) is 6.54 Å². The molecule has 102 valence electrons. The molecular formula is C20H17N. The second-order valence-electron chi connectivity index (χ2n) is 5.56. The van der Waals surface area contributed by atoms with Gasteiger partial charge in [0.15, 0.2) is 0 Å². The molecule has 0 aromatic heterocycles. The quantitative estimate of drug-likeness (QED) is 0.578. The molecule has 0 aliphatic heterocycles. The lowest BCUT2D eigenvalue weighted by Gasteiger charge is -2.15. The van der Waals surface area contributed by atoms with Gasteiger partial charge in [-0.2, -0.15) is 0 Å². The highest BCUT2D eigenvalue weighted by molar-refractivity contribution is 5.80. The third-order valence-electron chi connectivity index (χ3n) is 4.35. The zero-order chi connectivity index (χ0) is 14.2. The molecular weight excluding hydrogens is 254 g/mol. The SMILES string of the molecule is NCc1cccc(C2c3ccccc3-c3ccccc32)c1. The lowest BCUT2D eigenvalue weighted by Crippen LogP contribution is -2.02. The molecule has 0 saturated heterocycles. The average Bonchev–Trinajstić information content (AvgIpc) is 2.89. The molecule has 1 aliphatic carbocycles. The Labute approximate surface area is 125 Å². The summed E-state index contributed by atoms with van der Waals surface area (Å²) in [6, 6.07) is 26.1. The maximum absolute atomic E-state index is 5.81. The molecule has 3 aromatic carbocycles. The van der Waals surface area contributed by atoms with E-state index in [0.29, 0.717) is 12.5 Å². The fourth-order valence-electron chi connectivity index (χ4n) is 3.41. The molecule has 0 amide bonds. The maximum Gasteiger partial charge on any atom is 0.0352 e. The highest BCUT2D eigenvalue weighted by Gasteiger charge is 2.29. The van der Waals surface area contributed by atoms with Crippen molar-refractivity contribution in [3.8, 4) is 11.1 Å². The van der Waals surface area contributed by atoms with Crippen LogP contribution in [0.4, 0.5) is 0 Å². The number of nitrogens with two attached hydrogens (primary N) is 1. The van der Waals surface area contributed by atoms with Crippen molar-refractivity contribution in [1.82, 2.24) is 0 Å². The van der Waals surface area contributed by atoms with Gasteiger partial charge in [-0.05, 0) is 33.4 Å². The van der Waals surface area contributed by atoms with Crippen LogP contribution in [0, 0.1) is 0 Å². The van der Waals surface area contributed by atoms with Crippen LogP contribution in [0.1, 0.15) is 28.2 Å². The van der Waals surface area contributed by atoms with Crippen LogP contribution in [-0.4, -0.2) is 0 Å². The van der Waals surface area contributed by atoms with Gasteiger partial charge in [0.05, 0.1) is 0 Å². The van der Waals surface area contributed by atoms with Crippen LogP contribution in [0.15, 0.2) is 72.8 Å². The van der Waals surface area contributed by atoms with Gasteiger partial charge < -0.3 is 5.73 Å². The van der Waals surface area contributed by atoms with Gasteiger partial charge in [-0.25, -0.2) is 0 Å². The van der Waals surface area contributed by atoms with Gasteiger partial charge in [0, 0.05) is 12.5 Å². The number of fused-ring (bicyclic) bond motifs is 3. The average molecular weight is 271 g/mol. The minimum Gasteiger partial charge on any atom is -0.326 e. The minimum atomic E-state index is 0.323. The predicted octanol–water partition coefficient (Wildman–Crippen LogP) is 4.31. The summed E-state index contributed by atoms with van der Waals surface area (Å²) < 4.78 is 0. The summed E-state index contributed by atoms with van der Waals surface area (Å²) >= 11 is 0. The zero-order valence-electron chi connectivity index (χ0n) is 11.8. The van der Waals surface area contributed by atoms with E-state index < -0.39 is 0 Å². The van der Waals surface area contributed by atoms with Crippen molar-refractivity contribution < 1.29 is 0 Å². The van der Waals surface area contributed by atoms with E-state index in [-0.39, 0.29) is 0 Å². The van der Waals surface area contributed by atoms with E-state index in [2.05, 4.69) is 72.8 Å². The van der Waals surface area contributed by atoms with E-state index in [9.17, 15) is 0 Å². The van der Waals surface area contributed by atoms with E-state index in [1.54, 1.807) is 0 Å². The predicted molar refractivity (Wildman–Crippen MR) is 87.2 cm³/mol. The maximum atomic E-state index is 5.81. The Morgan fingerprint density at radius 1 is 0.714 bits per heavy atom. The van der Waals surface area contributed by atoms with Crippen LogP contribution in [0.5, 0.6) is 0 Å². The third-order valence-corrected chi connectivity index (χ3v) is 4.35. The first-order valence-electron chi connectivity index (χ1n) is 7.35. The first-order valence-corrected chi connectivity index (χ1v) is 7.35. The molecule has 1 heteroatoms. The van der Waals surface area contributed by atoms with Crippen LogP contribution in [0.3, 0.4) is 0 Å². The second-order valence-corrected chi connectivity index (χ2v) is 5.56. The molecule has 21 heavy (non-hydrogen) atoms. The summed E-state index contributed by atoms with van der Waals surface area (Å²) in [6.45, 7) is 0.587. The number of hydrogen-bond acceptors (Lipinski definition) is 1. The summed E-state index contributed by atoms with van der Waals surface area (Å²) in [4.78, 5) is 0. The van der Waals surface area contributed by atoms with Gasteiger partial charge in [0.1, 0.15) is 0 Å². The van der Waals surface area contributed by atoms with E-state index in [1.165, 1.54) is 33.4 Å². The first-order chi connectivity index (χ1) is 10.4. The van der Waals surface area contributed by atoms with Crippen molar-refractivity contribution in [2.24, 2.45) is 5.73 Å². The van der Waals surface area contributed by atoms with Gasteiger partial charge in [-0.1, -0.05) is 72.8 Å². The van der Waals surface area contributed by atoms with Gasteiger partial charge in [0.2, 0.25) is 0 Å². The Kier molecular flexibility index (Phi) is 2.87. The lowest BCUT2D eigenvalue weighted by atomic mass is 9.88. The topological polar surface area (TPSA) is 26.0 Å². The monoisotopic (exact) mass is 271 g/mol. The third kappa shape index (κ3) is 1.90. The zero-order valence-corrected chi connectivity index (χ0v) is 11.8. The molecule has 0 saturated carbocycles. The summed E-state index contributed by atoms with van der Waals surface area (Å²) in [5, 5.41) is 0. The van der Waals surface area contributed by atoms with Crippen LogP contribution >= 0.6 is 0 Å². The molecule has 0 unspecified atom stereocenters. The van der Waals surface area contributed by atoms with Gasteiger partial charge in [-0.3, -0.25) is 0 Å². The van der Waals surface area contributed by atoms with Crippen LogP contribution < -0.4 is 5.73 Å². The number of benzene rings is 3. The van der Waals surface area contributed by atoms with Crippen molar-refractivity contribution in [2.75, 3.05) is 0 Å². The number of rotatable bonds is 2. The first kappa shape index (κ1) is 12.4. The van der Waals surface area contributed by atoms with E-state index in [1.807, 2.05) is 0 Å². The molecule has 0 heterocycles. The molecule has 0 spiro atoms. The summed E-state index contributed by atoms with van der Waals surface area (Å²) in [7, 11) is 0. The number of hydrogen-bond donors (Lipinski definition) is 1. The molecule has 3 aromatic rings. The molecule has 0 bridgehead atoms. The molecule has 1 aliphatic rings. The Hall–Kier alpha value is -2.38. The van der Waals surface area contributed by atoms with E-state index in [0.717, 1.165) is 0 Å². The second kappa shape index (κ2) is 4.87. The van der Waals surface area contributed by atoms with E-state index in [4.69, 9.17) is 5.73 Å². The largest absolute Gasteiger partial charge is 0.326 e. The summed E-state index contributed by atoms with van der Waals surface area (Å²) in [5.74, 6) is 0.323. The lowest BCUT2D eigenvalue weighted by molar-refractivity contribution is 0.992. The van der Waals surface area contributed by atoms with Gasteiger partial charge >= 0.3 is 0 Å². The normalized spacial score (nSPS) is 13.0. The van der Waals surface area contributed by atoms with Gasteiger partial charge in [-0.15, -0.1) is 0 Å². The van der Waals surface area contributed by atoms with Crippen LogP contribution in [0.2, 0.25) is 0 Å². The molecule has 1 nitrogen and oxygen atoms in total. The van der Waals surface area contributed by atoms with Crippen molar-refractivity contribution in [1.29, 1.82) is 0 Å². The molecule has 0 fully saturated rings. The minimum absolute atomic E-state index is 0.323. The molecule has 0 atom stereocenters. The van der Waals surface area contributed by atoms with E-state index >= 15 is 0 Å². The van der Waals surface area contributed by atoms with Crippen molar-refractivity contribution in [2.45, 2.75) is 12.5 Å². The molecule has 2 N–H and O–H groups in total. The highest BCUT2D eigenvalue weighted by Crippen LogP contribution is 2.47. The van der Waals surface area contributed by atoms with Crippen molar-refractivity contribution >= 4 is 0 Å². The highest BCUT2D eigenvalue weighted by atomic mass is 14.5. The molecule has 0 radical (unpaired) electrons.